The number of ether oxygens (including phenoxy) is 3. The molecule has 0 unspecified atom stereocenters. The minimum Gasteiger partial charge on any atom is -0.423 e. The third-order valence-electron chi connectivity index (χ3n) is 2.93. The molecule has 3 nitrogen and oxygen atoms in total. The lowest BCUT2D eigenvalue weighted by Crippen LogP contribution is -2.30. The molecule has 0 aliphatic rings. The van der Waals surface area contributed by atoms with Gasteiger partial charge in [-0.05, 0) is 36.4 Å². The lowest BCUT2D eigenvalue weighted by molar-refractivity contribution is -0.140. The van der Waals surface area contributed by atoms with E-state index in [1.807, 2.05) is 91.0 Å². The van der Waals surface area contributed by atoms with Crippen LogP contribution in [0, 0.1) is 0 Å². The average molecular weight is 292 g/mol. The second kappa shape index (κ2) is 7.18. The predicted octanol–water partition coefficient (Wildman–Crippen LogP) is 4.51. The van der Waals surface area contributed by atoms with E-state index < -0.39 is 6.48 Å². The summed E-state index contributed by atoms with van der Waals surface area (Å²) in [6.07, 6.45) is 0. The highest BCUT2D eigenvalue weighted by molar-refractivity contribution is 5.24. The molecule has 3 heteroatoms. The third kappa shape index (κ3) is 4.03. The van der Waals surface area contributed by atoms with E-state index in [4.69, 9.17) is 14.2 Å². The molecule has 0 saturated carbocycles. The highest BCUT2D eigenvalue weighted by atomic mass is 16.8. The largest absolute Gasteiger partial charge is 0.423 e. The molecule has 0 aromatic heterocycles. The van der Waals surface area contributed by atoms with Crippen molar-refractivity contribution in [2.45, 2.75) is 6.48 Å². The van der Waals surface area contributed by atoms with Crippen molar-refractivity contribution < 1.29 is 14.2 Å². The molecule has 0 saturated heterocycles. The van der Waals surface area contributed by atoms with Gasteiger partial charge < -0.3 is 14.2 Å². The maximum absolute atomic E-state index is 5.78. The lowest BCUT2D eigenvalue weighted by atomic mass is 10.3. The molecule has 0 aliphatic heterocycles. The van der Waals surface area contributed by atoms with Gasteiger partial charge in [0, 0.05) is 0 Å². The van der Waals surface area contributed by atoms with Gasteiger partial charge >= 0.3 is 6.48 Å². The van der Waals surface area contributed by atoms with E-state index in [1.165, 1.54) is 0 Å². The second-order valence-electron chi connectivity index (χ2n) is 4.58. The smallest absolute Gasteiger partial charge is 0.406 e. The summed E-state index contributed by atoms with van der Waals surface area (Å²) in [5, 5.41) is 0. The molecule has 22 heavy (non-hydrogen) atoms. The van der Waals surface area contributed by atoms with Crippen LogP contribution in [0.25, 0.3) is 0 Å². The Bertz CT molecular complexity index is 570. The molecule has 0 heterocycles. The average Bonchev–Trinajstić information content (AvgIpc) is 2.57. The second-order valence-corrected chi connectivity index (χ2v) is 4.58. The molecule has 0 atom stereocenters. The van der Waals surface area contributed by atoms with Gasteiger partial charge in [-0.3, -0.25) is 0 Å². The summed E-state index contributed by atoms with van der Waals surface area (Å²) in [4.78, 5) is 0. The van der Waals surface area contributed by atoms with Crippen molar-refractivity contribution in [3.05, 3.63) is 91.0 Å². The Hall–Kier alpha value is -2.94. The molecular formula is C19H16O3. The van der Waals surface area contributed by atoms with Crippen LogP contribution in [0.1, 0.15) is 0 Å². The van der Waals surface area contributed by atoms with E-state index in [0.29, 0.717) is 17.2 Å². The number of benzene rings is 3. The van der Waals surface area contributed by atoms with Crippen molar-refractivity contribution in [1.29, 1.82) is 0 Å². The van der Waals surface area contributed by atoms with E-state index in [1.54, 1.807) is 0 Å². The van der Waals surface area contributed by atoms with Gasteiger partial charge in [-0.2, -0.15) is 0 Å². The van der Waals surface area contributed by atoms with Crippen molar-refractivity contribution in [2.75, 3.05) is 0 Å². The Morgan fingerprint density at radius 2 is 0.682 bits per heavy atom. The standard InChI is InChI=1S/C19H16O3/c1-4-10-16(11-5-1)20-19(21-17-12-6-2-7-13-17)22-18-14-8-3-9-15-18/h1-15,19H. The fourth-order valence-electron chi connectivity index (χ4n) is 1.90. The molecule has 3 aromatic rings. The molecule has 0 aliphatic carbocycles. The highest BCUT2D eigenvalue weighted by Crippen LogP contribution is 2.19. The van der Waals surface area contributed by atoms with Gasteiger partial charge in [0.25, 0.3) is 0 Å². The Kier molecular flexibility index (Phi) is 4.57. The third-order valence-corrected chi connectivity index (χ3v) is 2.93. The monoisotopic (exact) mass is 292 g/mol. The van der Waals surface area contributed by atoms with Crippen LogP contribution >= 0.6 is 0 Å². The summed E-state index contributed by atoms with van der Waals surface area (Å²) < 4.78 is 17.3. The summed E-state index contributed by atoms with van der Waals surface area (Å²) in [6.45, 7) is -0.868. The van der Waals surface area contributed by atoms with Gasteiger partial charge in [-0.15, -0.1) is 0 Å². The van der Waals surface area contributed by atoms with Crippen LogP contribution in [0.2, 0.25) is 0 Å². The first-order valence-corrected chi connectivity index (χ1v) is 7.05. The predicted molar refractivity (Wildman–Crippen MR) is 85.0 cm³/mol. The zero-order valence-electron chi connectivity index (χ0n) is 12.0. The lowest BCUT2D eigenvalue weighted by Gasteiger charge is -2.21. The fraction of sp³-hybridized carbons (Fsp3) is 0.0526. The summed E-state index contributed by atoms with van der Waals surface area (Å²) in [5.74, 6) is 2.04. The van der Waals surface area contributed by atoms with E-state index in [-0.39, 0.29) is 0 Å². The van der Waals surface area contributed by atoms with Gasteiger partial charge in [0.05, 0.1) is 0 Å². The first kappa shape index (κ1) is 14.0. The quantitative estimate of drug-likeness (QED) is 0.626. The van der Waals surface area contributed by atoms with Crippen LogP contribution in [-0.2, 0) is 0 Å². The van der Waals surface area contributed by atoms with E-state index in [9.17, 15) is 0 Å². The minimum atomic E-state index is -0.868. The normalized spacial score (nSPS) is 10.2. The van der Waals surface area contributed by atoms with Crippen molar-refractivity contribution in [2.24, 2.45) is 0 Å². The van der Waals surface area contributed by atoms with Gasteiger partial charge in [0.2, 0.25) is 0 Å². The first-order valence-electron chi connectivity index (χ1n) is 7.05. The fourth-order valence-corrected chi connectivity index (χ4v) is 1.90. The molecule has 0 amide bonds. The van der Waals surface area contributed by atoms with Crippen LogP contribution in [-0.4, -0.2) is 6.48 Å². The van der Waals surface area contributed by atoms with E-state index >= 15 is 0 Å². The Morgan fingerprint density at radius 3 is 0.955 bits per heavy atom. The van der Waals surface area contributed by atoms with Crippen molar-refractivity contribution in [3.63, 3.8) is 0 Å². The molecule has 0 fully saturated rings. The summed E-state index contributed by atoms with van der Waals surface area (Å²) in [6, 6.07) is 28.3. The van der Waals surface area contributed by atoms with Crippen molar-refractivity contribution >= 4 is 0 Å². The van der Waals surface area contributed by atoms with Gasteiger partial charge in [-0.25, -0.2) is 0 Å². The Labute approximate surface area is 129 Å². The minimum absolute atomic E-state index is 0.680. The number of hydrogen-bond donors (Lipinski definition) is 0. The molecule has 0 radical (unpaired) electrons. The van der Waals surface area contributed by atoms with Crippen LogP contribution in [0.5, 0.6) is 17.2 Å². The number of rotatable bonds is 6. The maximum Gasteiger partial charge on any atom is 0.406 e. The zero-order valence-corrected chi connectivity index (χ0v) is 12.0. The Morgan fingerprint density at radius 1 is 0.409 bits per heavy atom. The molecular weight excluding hydrogens is 276 g/mol. The van der Waals surface area contributed by atoms with Crippen LogP contribution in [0.4, 0.5) is 0 Å². The zero-order chi connectivity index (χ0) is 15.0. The first-order chi connectivity index (χ1) is 10.9. The Balaban J connectivity index is 1.75. The van der Waals surface area contributed by atoms with Crippen molar-refractivity contribution in [1.82, 2.24) is 0 Å². The van der Waals surface area contributed by atoms with E-state index in [0.717, 1.165) is 0 Å². The van der Waals surface area contributed by atoms with Gasteiger partial charge in [-0.1, -0.05) is 54.6 Å². The summed E-state index contributed by atoms with van der Waals surface area (Å²) in [7, 11) is 0. The van der Waals surface area contributed by atoms with Crippen LogP contribution < -0.4 is 14.2 Å². The van der Waals surface area contributed by atoms with Crippen molar-refractivity contribution in [3.8, 4) is 17.2 Å². The van der Waals surface area contributed by atoms with E-state index in [2.05, 4.69) is 0 Å². The van der Waals surface area contributed by atoms with Gasteiger partial charge in [0.15, 0.2) is 0 Å². The molecule has 110 valence electrons. The van der Waals surface area contributed by atoms with Crippen LogP contribution in [0.3, 0.4) is 0 Å². The molecule has 0 spiro atoms. The maximum atomic E-state index is 5.78. The SMILES string of the molecule is c1ccc(OC(Oc2ccccc2)Oc2ccccc2)cc1. The van der Waals surface area contributed by atoms with Crippen LogP contribution in [0.15, 0.2) is 91.0 Å². The van der Waals surface area contributed by atoms with Gasteiger partial charge in [0.1, 0.15) is 17.2 Å². The number of hydrogen-bond acceptors (Lipinski definition) is 3. The molecule has 0 bridgehead atoms. The number of para-hydroxylation sites is 3. The molecule has 3 rings (SSSR count). The highest BCUT2D eigenvalue weighted by Gasteiger charge is 2.14. The molecule has 3 aromatic carbocycles. The summed E-state index contributed by atoms with van der Waals surface area (Å²) in [5.41, 5.74) is 0. The topological polar surface area (TPSA) is 27.7 Å². The molecule has 0 N–H and O–H groups in total. The summed E-state index contributed by atoms with van der Waals surface area (Å²) >= 11 is 0.